The van der Waals surface area contributed by atoms with Crippen molar-refractivity contribution in [2.45, 2.75) is 30.5 Å². The zero-order valence-corrected chi connectivity index (χ0v) is 14.4. The largest absolute Gasteiger partial charge is 0.504 e. The maximum atomic E-state index is 9.87. The molecule has 0 atom stereocenters. The van der Waals surface area contributed by atoms with E-state index >= 15 is 0 Å². The normalized spacial score (nSPS) is 13.0. The van der Waals surface area contributed by atoms with Gasteiger partial charge in [0.15, 0.2) is 17.4 Å². The molecule has 0 aromatic carbocycles. The molecule has 0 saturated heterocycles. The Morgan fingerprint density at radius 1 is 1.39 bits per heavy atom. The number of thiophene rings is 1. The average Bonchev–Trinajstić information content (AvgIpc) is 3.12. The number of furan rings is 1. The van der Waals surface area contributed by atoms with Gasteiger partial charge in [0.25, 0.3) is 0 Å². The van der Waals surface area contributed by atoms with Crippen molar-refractivity contribution in [3.63, 3.8) is 0 Å². The summed E-state index contributed by atoms with van der Waals surface area (Å²) >= 11 is 2.22. The van der Waals surface area contributed by atoms with Crippen molar-refractivity contribution in [2.75, 3.05) is 0 Å². The Morgan fingerprint density at radius 2 is 2.13 bits per heavy atom. The Bertz CT molecular complexity index is 733. The first kappa shape index (κ1) is 17.4. The van der Waals surface area contributed by atoms with E-state index in [1.165, 1.54) is 11.3 Å². The Balaban J connectivity index is 2.09. The van der Waals surface area contributed by atoms with Crippen molar-refractivity contribution < 1.29 is 9.52 Å². The molecule has 0 saturated carbocycles. The predicted octanol–water partition coefficient (Wildman–Crippen LogP) is 2.68. The lowest BCUT2D eigenvalue weighted by molar-refractivity contribution is 0.468. The van der Waals surface area contributed by atoms with Gasteiger partial charge in [-0.15, -0.1) is 11.3 Å². The van der Waals surface area contributed by atoms with Crippen molar-refractivity contribution in [1.29, 1.82) is 0 Å². The minimum absolute atomic E-state index is 0.00846. The van der Waals surface area contributed by atoms with Crippen LogP contribution in [0.4, 0.5) is 5.69 Å². The molecule has 9 heteroatoms. The molecular formula is C14H19N5O2S2. The zero-order valence-electron chi connectivity index (χ0n) is 12.8. The summed E-state index contributed by atoms with van der Waals surface area (Å²) in [4.78, 5) is 8.23. The summed E-state index contributed by atoms with van der Waals surface area (Å²) in [7, 11) is 0. The number of nitrogens with zero attached hydrogens (tertiary/aromatic N) is 2. The van der Waals surface area contributed by atoms with Crippen LogP contribution in [-0.2, 0) is 6.54 Å². The van der Waals surface area contributed by atoms with E-state index in [0.29, 0.717) is 21.6 Å². The van der Waals surface area contributed by atoms with E-state index in [0.717, 1.165) is 17.5 Å². The van der Waals surface area contributed by atoms with Gasteiger partial charge in [-0.25, -0.2) is 4.99 Å². The highest BCUT2D eigenvalue weighted by molar-refractivity contribution is 7.99. The maximum Gasteiger partial charge on any atom is 0.167 e. The molecule has 0 aliphatic heterocycles. The van der Waals surface area contributed by atoms with E-state index in [1.54, 1.807) is 11.6 Å². The second-order valence-electron chi connectivity index (χ2n) is 5.07. The molecule has 2 aromatic heterocycles. The summed E-state index contributed by atoms with van der Waals surface area (Å²) in [5, 5.41) is 16.9. The highest BCUT2D eigenvalue weighted by atomic mass is 32.2. The maximum absolute atomic E-state index is 9.87. The summed E-state index contributed by atoms with van der Waals surface area (Å²) in [6.45, 7) is 4.44. The van der Waals surface area contributed by atoms with Crippen LogP contribution in [0, 0.1) is 0 Å². The summed E-state index contributed by atoms with van der Waals surface area (Å²) in [6, 6.07) is 1.93. The van der Waals surface area contributed by atoms with Crippen LogP contribution in [0.25, 0.3) is 0 Å². The number of aromatic hydroxyl groups is 1. The van der Waals surface area contributed by atoms with Gasteiger partial charge in [0.2, 0.25) is 0 Å². The summed E-state index contributed by atoms with van der Waals surface area (Å²) < 4.78 is 5.97. The third-order valence-corrected chi connectivity index (χ3v) is 4.80. The predicted molar refractivity (Wildman–Crippen MR) is 95.4 cm³/mol. The molecule has 2 rings (SSSR count). The fraction of sp³-hybridized carbons (Fsp3) is 0.286. The molecule has 0 spiro atoms. The van der Waals surface area contributed by atoms with Gasteiger partial charge in [0.1, 0.15) is 15.7 Å². The van der Waals surface area contributed by atoms with Gasteiger partial charge in [0.05, 0.1) is 12.8 Å². The molecular weight excluding hydrogens is 334 g/mol. The van der Waals surface area contributed by atoms with Gasteiger partial charge in [-0.3, -0.25) is 10.1 Å². The molecule has 0 aliphatic rings. The Labute approximate surface area is 142 Å². The molecule has 0 unspecified atom stereocenters. The zero-order chi connectivity index (χ0) is 17.0. The van der Waals surface area contributed by atoms with Gasteiger partial charge in [-0.2, -0.15) is 0 Å². The molecule has 0 aliphatic carbocycles. The van der Waals surface area contributed by atoms with Crippen molar-refractivity contribution in [3.8, 4) is 5.75 Å². The third kappa shape index (κ3) is 4.27. The van der Waals surface area contributed by atoms with Gasteiger partial charge < -0.3 is 21.0 Å². The van der Waals surface area contributed by atoms with Crippen LogP contribution in [0.15, 0.2) is 36.3 Å². The van der Waals surface area contributed by atoms with Crippen molar-refractivity contribution in [3.05, 3.63) is 29.0 Å². The molecule has 0 fully saturated rings. The van der Waals surface area contributed by atoms with Gasteiger partial charge >= 0.3 is 0 Å². The lowest BCUT2D eigenvalue weighted by Crippen LogP contribution is -2.31. The smallest absolute Gasteiger partial charge is 0.167 e. The van der Waals surface area contributed by atoms with E-state index in [9.17, 15) is 5.11 Å². The van der Waals surface area contributed by atoms with Crippen LogP contribution in [0.5, 0.6) is 5.75 Å². The molecule has 0 radical (unpaired) electrons. The summed E-state index contributed by atoms with van der Waals surface area (Å²) in [6.07, 6.45) is 1.71. The highest BCUT2D eigenvalue weighted by Crippen LogP contribution is 2.40. The second-order valence-corrected chi connectivity index (χ2v) is 6.86. The number of aliphatic imine (C=N–C) groups is 2. The van der Waals surface area contributed by atoms with Crippen LogP contribution >= 0.6 is 23.3 Å². The van der Waals surface area contributed by atoms with E-state index in [1.807, 2.05) is 6.07 Å². The lowest BCUT2D eigenvalue weighted by atomic mass is 10.1. The van der Waals surface area contributed by atoms with Crippen molar-refractivity contribution in [2.24, 2.45) is 26.6 Å². The van der Waals surface area contributed by atoms with Crippen LogP contribution in [0.2, 0.25) is 0 Å². The first-order valence-corrected chi connectivity index (χ1v) is 8.57. The second kappa shape index (κ2) is 7.53. The van der Waals surface area contributed by atoms with Crippen LogP contribution in [0.1, 0.15) is 31.1 Å². The molecule has 0 bridgehead atoms. The average molecular weight is 353 g/mol. The van der Waals surface area contributed by atoms with Crippen molar-refractivity contribution in [1.82, 2.24) is 0 Å². The summed E-state index contributed by atoms with van der Waals surface area (Å²) in [5.74, 6) is 1.19. The molecule has 23 heavy (non-hydrogen) atoms. The molecule has 2 heterocycles. The Morgan fingerprint density at radius 3 is 2.70 bits per heavy atom. The van der Waals surface area contributed by atoms with Gasteiger partial charge in [-0.1, -0.05) is 13.8 Å². The SMILES string of the molecule is CC(C)c1coc(CN=C(N)C(N)=Nc2csc(SN)c2O)c1. The number of rotatable bonds is 5. The number of amidine groups is 2. The van der Waals surface area contributed by atoms with E-state index < -0.39 is 0 Å². The molecule has 7 nitrogen and oxygen atoms in total. The fourth-order valence-corrected chi connectivity index (χ4v) is 2.88. The van der Waals surface area contributed by atoms with Crippen LogP contribution in [0.3, 0.4) is 0 Å². The minimum atomic E-state index is -0.00846. The summed E-state index contributed by atoms with van der Waals surface area (Å²) in [5.41, 5.74) is 13.0. The highest BCUT2D eigenvalue weighted by Gasteiger charge is 2.11. The number of hydrogen-bond donors (Lipinski definition) is 4. The number of nitrogens with two attached hydrogens (primary N) is 3. The van der Waals surface area contributed by atoms with E-state index in [2.05, 4.69) is 23.8 Å². The molecule has 2 aromatic rings. The Kier molecular flexibility index (Phi) is 5.69. The fourth-order valence-electron chi connectivity index (χ4n) is 1.70. The first-order valence-electron chi connectivity index (χ1n) is 6.81. The Hall–Kier alpha value is -1.97. The number of hydrogen-bond acceptors (Lipinski definition) is 7. The first-order chi connectivity index (χ1) is 10.9. The molecule has 124 valence electrons. The molecule has 0 amide bonds. The molecule has 7 N–H and O–H groups in total. The van der Waals surface area contributed by atoms with E-state index in [4.69, 9.17) is 21.0 Å². The standard InChI is InChI=1S/C14H19N5O2S2/c1-7(2)8-3-9(21-5-8)4-18-12(15)13(16)19-10-6-22-14(23-17)11(10)20/h3,5-7,20H,4,17H2,1-2H3,(H2,15,18)(H2,16,19). The lowest BCUT2D eigenvalue weighted by Gasteiger charge is -2.00. The van der Waals surface area contributed by atoms with Crippen LogP contribution < -0.4 is 16.6 Å². The quantitative estimate of drug-likeness (QED) is 0.370. The van der Waals surface area contributed by atoms with E-state index in [-0.39, 0.29) is 24.0 Å². The van der Waals surface area contributed by atoms with Crippen molar-refractivity contribution >= 4 is 40.6 Å². The minimum Gasteiger partial charge on any atom is -0.504 e. The van der Waals surface area contributed by atoms with Gasteiger partial charge in [-0.05, 0) is 29.5 Å². The third-order valence-electron chi connectivity index (χ3n) is 3.07. The van der Waals surface area contributed by atoms with Crippen LogP contribution in [-0.4, -0.2) is 16.8 Å². The van der Waals surface area contributed by atoms with Gasteiger partial charge in [0, 0.05) is 5.38 Å². The monoisotopic (exact) mass is 353 g/mol. The topological polar surface area (TPSA) is 136 Å².